The number of nitrogens with zero attached hydrogens (tertiary/aromatic N) is 4. The van der Waals surface area contributed by atoms with Crippen LogP contribution in [0.25, 0.3) is 91.9 Å². The van der Waals surface area contributed by atoms with E-state index in [2.05, 4.69) is 161 Å². The molecule has 0 spiro atoms. The van der Waals surface area contributed by atoms with Gasteiger partial charge in [-0.05, 0) is 66.2 Å². The fourth-order valence-electron chi connectivity index (χ4n) is 7.73. The standard InChI is InChI=1S/C43H26N4S/c1-2-12-29(13-3-1)46-38-19-8-5-15-31(38)34-24-40-35(25-39(34)46)42-33-17-6-9-20-41(33)48-43(42)47(40)30-14-10-11-27(23-30)28-21-22-37-32-16-4-7-18-36(32)44-45(37)26-28/h1-26H. The van der Waals surface area contributed by atoms with Crippen molar-refractivity contribution in [1.82, 2.24) is 18.7 Å². The molecule has 0 radical (unpaired) electrons. The van der Waals surface area contributed by atoms with Crippen LogP contribution in [-0.4, -0.2) is 18.7 Å². The molecule has 0 aliphatic carbocycles. The van der Waals surface area contributed by atoms with Gasteiger partial charge in [-0.1, -0.05) is 91.0 Å². The highest BCUT2D eigenvalue weighted by atomic mass is 32.1. The first-order valence-electron chi connectivity index (χ1n) is 16.2. The molecule has 0 N–H and O–H groups in total. The number of benzene rings is 6. The Bertz CT molecular complexity index is 3060. The van der Waals surface area contributed by atoms with E-state index in [0.717, 1.165) is 27.8 Å². The molecule has 4 nitrogen and oxygen atoms in total. The Hall–Kier alpha value is -6.17. The van der Waals surface area contributed by atoms with Crippen LogP contribution >= 0.6 is 11.3 Å². The van der Waals surface area contributed by atoms with Gasteiger partial charge in [0.1, 0.15) is 4.83 Å². The molecule has 0 saturated heterocycles. The first-order chi connectivity index (χ1) is 23.8. The van der Waals surface area contributed by atoms with Crippen LogP contribution in [0.15, 0.2) is 158 Å². The second-order valence-electron chi connectivity index (χ2n) is 12.5. The normalized spacial score (nSPS) is 12.2. The lowest BCUT2D eigenvalue weighted by Gasteiger charge is -2.11. The van der Waals surface area contributed by atoms with Gasteiger partial charge in [0.15, 0.2) is 0 Å². The predicted octanol–water partition coefficient (Wildman–Crippen LogP) is 11.6. The van der Waals surface area contributed by atoms with E-state index < -0.39 is 0 Å². The quantitative estimate of drug-likeness (QED) is 0.191. The number of pyridine rings is 1. The molecule has 6 aromatic carbocycles. The highest BCUT2D eigenvalue weighted by Gasteiger charge is 2.21. The SMILES string of the molecule is c1ccc(-n2c3ccccc3c3cc4c(cc32)c2c3ccccc3sc2n4-c2cccc(-c3ccc4c5ccccc5nn4c3)c2)cc1. The van der Waals surface area contributed by atoms with Gasteiger partial charge < -0.3 is 9.13 Å². The first kappa shape index (κ1) is 26.0. The molecule has 0 fully saturated rings. The molecule has 0 atom stereocenters. The summed E-state index contributed by atoms with van der Waals surface area (Å²) in [6, 6.07) is 54.8. The summed E-state index contributed by atoms with van der Waals surface area (Å²) in [4.78, 5) is 1.26. The smallest absolute Gasteiger partial charge is 0.109 e. The molecule has 0 aliphatic rings. The minimum absolute atomic E-state index is 1.01. The Labute approximate surface area is 278 Å². The third kappa shape index (κ3) is 3.56. The third-order valence-electron chi connectivity index (χ3n) is 9.86. The van der Waals surface area contributed by atoms with Gasteiger partial charge in [-0.3, -0.25) is 0 Å². The summed E-state index contributed by atoms with van der Waals surface area (Å²) >= 11 is 1.87. The number of hydrogen-bond donors (Lipinski definition) is 0. The van der Waals surface area contributed by atoms with Crippen LogP contribution in [0, 0.1) is 0 Å². The summed E-state index contributed by atoms with van der Waals surface area (Å²) in [7, 11) is 0. The van der Waals surface area contributed by atoms with Crippen LogP contribution in [-0.2, 0) is 0 Å². The maximum Gasteiger partial charge on any atom is 0.109 e. The summed E-state index contributed by atoms with van der Waals surface area (Å²) < 4.78 is 8.21. The van der Waals surface area contributed by atoms with Gasteiger partial charge in [-0.25, -0.2) is 4.52 Å². The van der Waals surface area contributed by atoms with E-state index in [9.17, 15) is 0 Å². The van der Waals surface area contributed by atoms with E-state index in [4.69, 9.17) is 5.10 Å². The molecule has 48 heavy (non-hydrogen) atoms. The molecular weight excluding hydrogens is 605 g/mol. The maximum atomic E-state index is 4.87. The van der Waals surface area contributed by atoms with Gasteiger partial charge >= 0.3 is 0 Å². The molecule has 5 heteroatoms. The molecule has 0 aliphatic heterocycles. The van der Waals surface area contributed by atoms with E-state index >= 15 is 0 Å². The molecular formula is C43H26N4S. The average molecular weight is 631 g/mol. The van der Waals surface area contributed by atoms with Crippen LogP contribution in [0.2, 0.25) is 0 Å². The lowest BCUT2D eigenvalue weighted by molar-refractivity contribution is 0.983. The Kier molecular flexibility index (Phi) is 5.23. The molecule has 0 amide bonds. The minimum atomic E-state index is 1.01. The van der Waals surface area contributed by atoms with Gasteiger partial charge in [0.2, 0.25) is 0 Å². The van der Waals surface area contributed by atoms with Crippen LogP contribution < -0.4 is 0 Å². The molecule has 5 aromatic heterocycles. The van der Waals surface area contributed by atoms with Gasteiger partial charge in [-0.15, -0.1) is 11.3 Å². The molecule has 0 bridgehead atoms. The minimum Gasteiger partial charge on any atom is -0.309 e. The summed E-state index contributed by atoms with van der Waals surface area (Å²) in [6.45, 7) is 0. The zero-order valence-corrected chi connectivity index (χ0v) is 26.5. The highest BCUT2D eigenvalue weighted by molar-refractivity contribution is 7.25. The van der Waals surface area contributed by atoms with Crippen molar-refractivity contribution in [2.24, 2.45) is 0 Å². The third-order valence-corrected chi connectivity index (χ3v) is 11.0. The Morgan fingerprint density at radius 3 is 2.08 bits per heavy atom. The number of rotatable bonds is 3. The number of para-hydroxylation sites is 2. The van der Waals surface area contributed by atoms with Crippen molar-refractivity contribution in [2.45, 2.75) is 0 Å². The van der Waals surface area contributed by atoms with Crippen molar-refractivity contribution >= 4 is 80.8 Å². The zero-order valence-electron chi connectivity index (χ0n) is 25.7. The van der Waals surface area contributed by atoms with Crippen molar-refractivity contribution in [1.29, 1.82) is 0 Å². The number of hydrogen-bond acceptors (Lipinski definition) is 2. The fourth-order valence-corrected chi connectivity index (χ4v) is 8.99. The Morgan fingerprint density at radius 2 is 1.17 bits per heavy atom. The van der Waals surface area contributed by atoms with Crippen LogP contribution in [0.4, 0.5) is 0 Å². The van der Waals surface area contributed by atoms with Crippen molar-refractivity contribution in [3.8, 4) is 22.5 Å². The van der Waals surface area contributed by atoms with E-state index in [1.54, 1.807) is 0 Å². The fraction of sp³-hybridized carbons (Fsp3) is 0. The van der Waals surface area contributed by atoms with Crippen LogP contribution in [0.5, 0.6) is 0 Å². The predicted molar refractivity (Wildman–Crippen MR) is 202 cm³/mol. The van der Waals surface area contributed by atoms with Gasteiger partial charge in [0.05, 0.1) is 27.6 Å². The summed E-state index contributed by atoms with van der Waals surface area (Å²) in [5.41, 5.74) is 10.4. The van der Waals surface area contributed by atoms with Crippen LogP contribution in [0.3, 0.4) is 0 Å². The number of fused-ring (bicyclic) bond motifs is 11. The molecule has 0 unspecified atom stereocenters. The largest absolute Gasteiger partial charge is 0.309 e. The summed E-state index contributed by atoms with van der Waals surface area (Å²) in [5, 5.41) is 12.4. The van der Waals surface area contributed by atoms with E-state index in [1.165, 1.54) is 64.1 Å². The van der Waals surface area contributed by atoms with Gasteiger partial charge in [0, 0.05) is 60.2 Å². The van der Waals surface area contributed by atoms with E-state index in [-0.39, 0.29) is 0 Å². The van der Waals surface area contributed by atoms with Crippen molar-refractivity contribution in [3.63, 3.8) is 0 Å². The van der Waals surface area contributed by atoms with Gasteiger partial charge in [-0.2, -0.15) is 5.10 Å². The topological polar surface area (TPSA) is 27.2 Å². The van der Waals surface area contributed by atoms with E-state index in [1.807, 2.05) is 21.9 Å². The van der Waals surface area contributed by atoms with Crippen molar-refractivity contribution < 1.29 is 0 Å². The van der Waals surface area contributed by atoms with Crippen molar-refractivity contribution in [2.75, 3.05) is 0 Å². The summed E-state index contributed by atoms with van der Waals surface area (Å²) in [5.74, 6) is 0. The maximum absolute atomic E-state index is 4.87. The first-order valence-corrected chi connectivity index (χ1v) is 17.0. The lowest BCUT2D eigenvalue weighted by atomic mass is 10.1. The van der Waals surface area contributed by atoms with Crippen LogP contribution in [0.1, 0.15) is 0 Å². The summed E-state index contributed by atoms with van der Waals surface area (Å²) in [6.07, 6.45) is 2.15. The molecule has 5 heterocycles. The Morgan fingerprint density at radius 1 is 0.438 bits per heavy atom. The van der Waals surface area contributed by atoms with Crippen molar-refractivity contribution in [3.05, 3.63) is 158 Å². The van der Waals surface area contributed by atoms with Gasteiger partial charge in [0.25, 0.3) is 0 Å². The second kappa shape index (κ2) is 9.67. The average Bonchev–Trinajstić information content (AvgIpc) is 3.87. The lowest BCUT2D eigenvalue weighted by Crippen LogP contribution is -1.95. The molecule has 0 saturated carbocycles. The highest BCUT2D eigenvalue weighted by Crippen LogP contribution is 2.45. The Balaban J connectivity index is 1.20. The zero-order chi connectivity index (χ0) is 31.3. The molecule has 11 rings (SSSR count). The molecule has 224 valence electrons. The number of aromatic nitrogens is 4. The molecule has 11 aromatic rings. The number of thiophene rings is 1. The van der Waals surface area contributed by atoms with E-state index in [0.29, 0.717) is 0 Å². The second-order valence-corrected chi connectivity index (χ2v) is 13.5. The monoisotopic (exact) mass is 630 g/mol.